The van der Waals surface area contributed by atoms with Crippen molar-refractivity contribution in [3.8, 4) is 0 Å². The van der Waals surface area contributed by atoms with Crippen LogP contribution in [-0.2, 0) is 11.0 Å². The van der Waals surface area contributed by atoms with Crippen molar-refractivity contribution in [2.45, 2.75) is 18.6 Å². The molecule has 0 saturated heterocycles. The molecular formula is C10H6Cl3F3N2O. The van der Waals surface area contributed by atoms with Gasteiger partial charge in [0.05, 0.1) is 15.6 Å². The van der Waals surface area contributed by atoms with Crippen LogP contribution in [0.15, 0.2) is 22.4 Å². The Labute approximate surface area is 121 Å². The predicted molar refractivity (Wildman–Crippen MR) is 66.3 cm³/mol. The van der Waals surface area contributed by atoms with E-state index in [0.717, 1.165) is 0 Å². The molecule has 0 fully saturated rings. The van der Waals surface area contributed by atoms with Gasteiger partial charge in [0.25, 0.3) is 0 Å². The maximum absolute atomic E-state index is 12.5. The number of carbonyl (C=O) groups excluding carboxylic acids is 1. The maximum Gasteiger partial charge on any atom is 0.416 e. The third-order valence-corrected chi connectivity index (χ3v) is 2.91. The minimum Gasteiger partial charge on any atom is -0.296 e. The smallest absolute Gasteiger partial charge is 0.296 e. The number of halogens is 6. The van der Waals surface area contributed by atoms with Crippen LogP contribution in [0.1, 0.15) is 12.5 Å². The van der Waals surface area contributed by atoms with E-state index in [0.29, 0.717) is 12.1 Å². The number of ketones is 1. The second-order valence-electron chi connectivity index (χ2n) is 3.45. The second-order valence-corrected chi connectivity index (χ2v) is 4.68. The molecule has 0 bridgehead atoms. The lowest BCUT2D eigenvalue weighted by Gasteiger charge is -2.09. The Bertz CT molecular complexity index is 508. The van der Waals surface area contributed by atoms with E-state index in [2.05, 4.69) is 10.2 Å². The zero-order valence-corrected chi connectivity index (χ0v) is 11.6. The number of hydrogen-bond acceptors (Lipinski definition) is 3. The molecule has 0 N–H and O–H groups in total. The first kappa shape index (κ1) is 16.2. The summed E-state index contributed by atoms with van der Waals surface area (Å²) >= 11 is 16.8. The van der Waals surface area contributed by atoms with Crippen molar-refractivity contribution in [1.29, 1.82) is 0 Å². The van der Waals surface area contributed by atoms with E-state index >= 15 is 0 Å². The van der Waals surface area contributed by atoms with Gasteiger partial charge in [-0.3, -0.25) is 4.79 Å². The van der Waals surface area contributed by atoms with Crippen molar-refractivity contribution in [1.82, 2.24) is 0 Å². The predicted octanol–water partition coefficient (Wildman–Crippen LogP) is 5.25. The quantitative estimate of drug-likeness (QED) is 0.423. The van der Waals surface area contributed by atoms with Crippen LogP contribution in [0.4, 0.5) is 18.9 Å². The Morgan fingerprint density at radius 2 is 1.74 bits per heavy atom. The summed E-state index contributed by atoms with van der Waals surface area (Å²) in [6, 6.07) is 1.33. The molecule has 0 aromatic heterocycles. The number of benzene rings is 1. The summed E-state index contributed by atoms with van der Waals surface area (Å²) in [5.74, 6) is -0.468. The number of nitrogens with zero attached hydrogens (tertiary/aromatic N) is 2. The first-order valence-electron chi connectivity index (χ1n) is 4.74. The van der Waals surface area contributed by atoms with Crippen molar-refractivity contribution in [3.63, 3.8) is 0 Å². The van der Waals surface area contributed by atoms with Crippen molar-refractivity contribution in [2.24, 2.45) is 10.2 Å². The van der Waals surface area contributed by atoms with E-state index in [-0.39, 0.29) is 15.7 Å². The van der Waals surface area contributed by atoms with E-state index in [1.54, 1.807) is 0 Å². The van der Waals surface area contributed by atoms with Crippen LogP contribution in [0.5, 0.6) is 0 Å². The fourth-order valence-electron chi connectivity index (χ4n) is 1.01. The summed E-state index contributed by atoms with van der Waals surface area (Å²) in [5.41, 5.74) is -2.42. The molecule has 1 atom stereocenters. The first-order valence-corrected chi connectivity index (χ1v) is 5.93. The van der Waals surface area contributed by atoms with Crippen LogP contribution < -0.4 is 0 Å². The van der Waals surface area contributed by atoms with Gasteiger partial charge in [-0.2, -0.15) is 23.4 Å². The molecule has 1 unspecified atom stereocenters. The van der Waals surface area contributed by atoms with Crippen molar-refractivity contribution >= 4 is 46.3 Å². The average Bonchev–Trinajstić information content (AvgIpc) is 2.25. The van der Waals surface area contributed by atoms with Gasteiger partial charge in [0.2, 0.25) is 5.50 Å². The lowest BCUT2D eigenvalue weighted by Crippen LogP contribution is -2.05. The molecule has 0 amide bonds. The first-order chi connectivity index (χ1) is 8.62. The summed E-state index contributed by atoms with van der Waals surface area (Å²) in [5, 5.41) is 6.21. The number of azo groups is 1. The topological polar surface area (TPSA) is 41.8 Å². The molecule has 0 aliphatic carbocycles. The molecule has 1 aromatic rings. The standard InChI is InChI=1S/C10H6Cl3F3N2O/c1-4(19)9(13)18-17-8-6(11)2-5(3-7(8)12)10(14,15)16/h2-3,9H,1H3. The molecule has 104 valence electrons. The third kappa shape index (κ3) is 4.33. The van der Waals surface area contributed by atoms with Crippen LogP contribution in [0.3, 0.4) is 0 Å². The number of alkyl halides is 4. The highest BCUT2D eigenvalue weighted by Gasteiger charge is 2.32. The zero-order chi connectivity index (χ0) is 14.8. The van der Waals surface area contributed by atoms with Crippen LogP contribution in [0, 0.1) is 0 Å². The fraction of sp³-hybridized carbons (Fsp3) is 0.300. The average molecular weight is 334 g/mol. The Hall–Kier alpha value is -0.850. The second kappa shape index (κ2) is 6.07. The van der Waals surface area contributed by atoms with Gasteiger partial charge in [0.15, 0.2) is 5.78 Å². The summed E-state index contributed by atoms with van der Waals surface area (Å²) < 4.78 is 37.4. The number of rotatable bonds is 3. The molecule has 1 aromatic carbocycles. The minimum absolute atomic E-state index is 0.178. The molecule has 0 saturated carbocycles. The molecule has 3 nitrogen and oxygen atoms in total. The van der Waals surface area contributed by atoms with Crippen LogP contribution in [0.2, 0.25) is 10.0 Å². The highest BCUT2D eigenvalue weighted by atomic mass is 35.5. The van der Waals surface area contributed by atoms with E-state index < -0.39 is 23.0 Å². The third-order valence-electron chi connectivity index (χ3n) is 1.94. The fourth-order valence-corrected chi connectivity index (χ4v) is 1.62. The SMILES string of the molecule is CC(=O)C(Cl)N=Nc1c(Cl)cc(C(F)(F)F)cc1Cl. The maximum atomic E-state index is 12.5. The van der Waals surface area contributed by atoms with E-state index in [1.165, 1.54) is 6.92 Å². The van der Waals surface area contributed by atoms with Gasteiger partial charge in [-0.15, -0.1) is 0 Å². The Kier molecular flexibility index (Phi) is 5.18. The Balaban J connectivity index is 3.15. The Morgan fingerprint density at radius 1 is 1.26 bits per heavy atom. The van der Waals surface area contributed by atoms with Crippen molar-refractivity contribution in [2.75, 3.05) is 0 Å². The van der Waals surface area contributed by atoms with Gasteiger partial charge in [-0.25, -0.2) is 0 Å². The highest BCUT2D eigenvalue weighted by Crippen LogP contribution is 2.40. The van der Waals surface area contributed by atoms with Crippen LogP contribution >= 0.6 is 34.8 Å². The van der Waals surface area contributed by atoms with Crippen LogP contribution in [0.25, 0.3) is 0 Å². The molecule has 9 heteroatoms. The molecule has 0 radical (unpaired) electrons. The van der Waals surface area contributed by atoms with Gasteiger partial charge in [-0.1, -0.05) is 34.8 Å². The van der Waals surface area contributed by atoms with Gasteiger partial charge in [0.1, 0.15) is 5.69 Å². The number of Topliss-reactive ketones (excluding diaryl/α,β-unsaturated/α-hetero) is 1. The van der Waals surface area contributed by atoms with Crippen molar-refractivity contribution < 1.29 is 18.0 Å². The molecule has 0 aliphatic rings. The largest absolute Gasteiger partial charge is 0.416 e. The van der Waals surface area contributed by atoms with E-state index in [4.69, 9.17) is 34.8 Å². The summed E-state index contributed by atoms with van der Waals surface area (Å²) in [7, 11) is 0. The molecule has 0 aliphatic heterocycles. The Morgan fingerprint density at radius 3 is 2.11 bits per heavy atom. The van der Waals surface area contributed by atoms with Gasteiger partial charge >= 0.3 is 6.18 Å². The number of carbonyl (C=O) groups is 1. The molecule has 0 heterocycles. The molecule has 1 rings (SSSR count). The summed E-state index contributed by atoms with van der Waals surface area (Å²) in [6.07, 6.45) is -4.57. The van der Waals surface area contributed by atoms with E-state index in [9.17, 15) is 18.0 Å². The monoisotopic (exact) mass is 332 g/mol. The minimum atomic E-state index is -4.57. The zero-order valence-electron chi connectivity index (χ0n) is 9.30. The van der Waals surface area contributed by atoms with Gasteiger partial charge in [-0.05, 0) is 19.1 Å². The number of hydrogen-bond donors (Lipinski definition) is 0. The summed E-state index contributed by atoms with van der Waals surface area (Å²) in [6.45, 7) is 1.19. The van der Waals surface area contributed by atoms with Gasteiger partial charge in [0, 0.05) is 0 Å². The van der Waals surface area contributed by atoms with E-state index in [1.807, 2.05) is 0 Å². The lowest BCUT2D eigenvalue weighted by atomic mass is 10.2. The lowest BCUT2D eigenvalue weighted by molar-refractivity contribution is -0.137. The summed E-state index contributed by atoms with van der Waals surface area (Å²) in [4.78, 5) is 10.8. The highest BCUT2D eigenvalue weighted by molar-refractivity contribution is 6.38. The normalized spacial score (nSPS) is 13.8. The molecular weight excluding hydrogens is 327 g/mol. The molecule has 0 spiro atoms. The van der Waals surface area contributed by atoms with Crippen molar-refractivity contribution in [3.05, 3.63) is 27.7 Å². The van der Waals surface area contributed by atoms with Crippen LogP contribution in [-0.4, -0.2) is 11.3 Å². The molecule has 19 heavy (non-hydrogen) atoms. The van der Waals surface area contributed by atoms with Gasteiger partial charge < -0.3 is 0 Å².